The van der Waals surface area contributed by atoms with Crippen LogP contribution in [-0.2, 0) is 19.5 Å². The fourth-order valence-corrected chi connectivity index (χ4v) is 2.66. The highest BCUT2D eigenvalue weighted by Crippen LogP contribution is 2.25. The van der Waals surface area contributed by atoms with Crippen molar-refractivity contribution in [2.24, 2.45) is 0 Å². The number of nitro benzene ring substituents is 1. The molecule has 7 nitrogen and oxygen atoms in total. The van der Waals surface area contributed by atoms with Gasteiger partial charge in [0.25, 0.3) is 5.69 Å². The average molecular weight is 305 g/mol. The van der Waals surface area contributed by atoms with E-state index in [4.69, 9.17) is 0 Å². The number of hydrogen-bond donors (Lipinski definition) is 1. The van der Waals surface area contributed by atoms with Gasteiger partial charge >= 0.3 is 0 Å². The van der Waals surface area contributed by atoms with Crippen LogP contribution in [0.2, 0.25) is 0 Å². The van der Waals surface area contributed by atoms with Crippen LogP contribution in [0.15, 0.2) is 18.2 Å². The number of aryl methyl sites for hydroxylation is 1. The van der Waals surface area contributed by atoms with Crippen LogP contribution in [0.25, 0.3) is 0 Å². The molecule has 0 spiro atoms. The Kier molecular flexibility index (Phi) is 3.99. The van der Waals surface area contributed by atoms with Crippen molar-refractivity contribution in [3.8, 4) is 0 Å². The number of benzene rings is 1. The van der Waals surface area contributed by atoms with Gasteiger partial charge in [-0.2, -0.15) is 0 Å². The molecule has 0 radical (unpaired) electrons. The van der Waals surface area contributed by atoms with E-state index in [-0.39, 0.29) is 17.9 Å². The van der Waals surface area contributed by atoms with E-state index < -0.39 is 10.7 Å². The predicted molar refractivity (Wildman–Crippen MR) is 78.0 cm³/mol. The molecule has 22 heavy (non-hydrogen) atoms. The van der Waals surface area contributed by atoms with Crippen molar-refractivity contribution in [3.63, 3.8) is 0 Å². The van der Waals surface area contributed by atoms with Crippen LogP contribution >= 0.6 is 0 Å². The van der Waals surface area contributed by atoms with Gasteiger partial charge in [-0.25, -0.2) is 4.39 Å². The van der Waals surface area contributed by atoms with Crippen LogP contribution in [0.5, 0.6) is 0 Å². The highest BCUT2D eigenvalue weighted by Gasteiger charge is 2.17. The first-order valence-electron chi connectivity index (χ1n) is 7.24. The molecule has 1 aliphatic heterocycles. The van der Waals surface area contributed by atoms with Crippen LogP contribution in [0, 0.1) is 15.9 Å². The summed E-state index contributed by atoms with van der Waals surface area (Å²) in [6.45, 7) is 1.13. The molecule has 0 bridgehead atoms. The number of aromatic nitrogens is 3. The topological polar surface area (TPSA) is 85.9 Å². The van der Waals surface area contributed by atoms with Crippen LogP contribution in [0.1, 0.15) is 30.9 Å². The molecule has 1 N–H and O–H groups in total. The lowest BCUT2D eigenvalue weighted by molar-refractivity contribution is -0.384. The summed E-state index contributed by atoms with van der Waals surface area (Å²) >= 11 is 0. The number of halogens is 1. The maximum Gasteiger partial charge on any atom is 0.292 e. The maximum absolute atomic E-state index is 13.3. The Morgan fingerprint density at radius 1 is 1.32 bits per heavy atom. The Morgan fingerprint density at radius 3 is 3.00 bits per heavy atom. The van der Waals surface area contributed by atoms with E-state index in [1.54, 1.807) is 0 Å². The fraction of sp³-hybridized carbons (Fsp3) is 0.429. The van der Waals surface area contributed by atoms with E-state index in [0.29, 0.717) is 0 Å². The van der Waals surface area contributed by atoms with Crippen molar-refractivity contribution < 1.29 is 9.31 Å². The van der Waals surface area contributed by atoms with Crippen molar-refractivity contribution in [1.82, 2.24) is 14.8 Å². The van der Waals surface area contributed by atoms with E-state index in [0.717, 1.165) is 62.1 Å². The van der Waals surface area contributed by atoms with E-state index in [1.165, 1.54) is 0 Å². The van der Waals surface area contributed by atoms with E-state index in [1.807, 2.05) is 4.57 Å². The summed E-state index contributed by atoms with van der Waals surface area (Å²) < 4.78 is 15.4. The van der Waals surface area contributed by atoms with E-state index >= 15 is 0 Å². The Labute approximate surface area is 126 Å². The standard InChI is InChI=1S/C14H16FN5O2/c15-10-5-6-12(20(21)22)11(8-10)16-9-14-18-17-13-4-2-1-3-7-19(13)14/h5-6,8,16H,1-4,7,9H2. The van der Waals surface area contributed by atoms with Crippen LogP contribution in [-0.4, -0.2) is 19.7 Å². The minimum Gasteiger partial charge on any atom is -0.372 e. The first-order valence-corrected chi connectivity index (χ1v) is 7.24. The van der Waals surface area contributed by atoms with Gasteiger partial charge in [0.2, 0.25) is 0 Å². The second-order valence-electron chi connectivity index (χ2n) is 5.27. The number of rotatable bonds is 4. The van der Waals surface area contributed by atoms with Gasteiger partial charge in [0, 0.05) is 25.1 Å². The summed E-state index contributed by atoms with van der Waals surface area (Å²) in [5.74, 6) is 1.15. The van der Waals surface area contributed by atoms with Gasteiger partial charge in [-0.05, 0) is 18.9 Å². The lowest BCUT2D eigenvalue weighted by atomic mass is 10.2. The molecule has 0 unspecified atom stereocenters. The van der Waals surface area contributed by atoms with Crippen molar-refractivity contribution in [2.45, 2.75) is 38.8 Å². The van der Waals surface area contributed by atoms with Crippen molar-refractivity contribution in [2.75, 3.05) is 5.32 Å². The predicted octanol–water partition coefficient (Wildman–Crippen LogP) is 2.66. The highest BCUT2D eigenvalue weighted by atomic mass is 19.1. The summed E-state index contributed by atoms with van der Waals surface area (Å²) in [4.78, 5) is 10.4. The minimum atomic E-state index is -0.536. The normalized spacial score (nSPS) is 14.2. The van der Waals surface area contributed by atoms with Gasteiger partial charge in [-0.15, -0.1) is 10.2 Å². The van der Waals surface area contributed by atoms with Crippen molar-refractivity contribution in [3.05, 3.63) is 45.8 Å². The molecule has 1 aliphatic rings. The molecule has 2 aromatic rings. The Bertz CT molecular complexity index is 701. The second kappa shape index (κ2) is 6.08. The molecule has 0 atom stereocenters. The summed E-state index contributed by atoms with van der Waals surface area (Å²) in [5, 5.41) is 22.2. The number of anilines is 1. The molecule has 3 rings (SSSR count). The molecule has 0 aliphatic carbocycles. The summed E-state index contributed by atoms with van der Waals surface area (Å²) in [5.41, 5.74) is -0.00650. The van der Waals surface area contributed by atoms with E-state index in [2.05, 4.69) is 15.5 Å². The van der Waals surface area contributed by atoms with Gasteiger partial charge in [0.1, 0.15) is 17.3 Å². The molecule has 0 amide bonds. The second-order valence-corrected chi connectivity index (χ2v) is 5.27. The molecular formula is C14H16FN5O2. The molecule has 2 heterocycles. The Hall–Kier alpha value is -2.51. The molecule has 1 aromatic carbocycles. The van der Waals surface area contributed by atoms with Gasteiger partial charge in [0.05, 0.1) is 11.5 Å². The summed E-state index contributed by atoms with van der Waals surface area (Å²) in [6, 6.07) is 3.35. The minimum absolute atomic E-state index is 0.149. The third-order valence-corrected chi connectivity index (χ3v) is 3.78. The third kappa shape index (κ3) is 2.90. The van der Waals surface area contributed by atoms with Crippen LogP contribution in [0.4, 0.5) is 15.8 Å². The quantitative estimate of drug-likeness (QED) is 0.693. The molecule has 0 saturated heterocycles. The van der Waals surface area contributed by atoms with Crippen LogP contribution in [0.3, 0.4) is 0 Å². The Morgan fingerprint density at radius 2 is 2.18 bits per heavy atom. The summed E-state index contributed by atoms with van der Waals surface area (Å²) in [6.07, 6.45) is 4.22. The van der Waals surface area contributed by atoms with Gasteiger partial charge < -0.3 is 9.88 Å². The lowest BCUT2D eigenvalue weighted by Crippen LogP contribution is -2.11. The highest BCUT2D eigenvalue weighted by molar-refractivity contribution is 5.61. The van der Waals surface area contributed by atoms with Gasteiger partial charge in [-0.1, -0.05) is 6.42 Å². The monoisotopic (exact) mass is 305 g/mol. The number of fused-ring (bicyclic) bond motifs is 1. The SMILES string of the molecule is O=[N+]([O-])c1ccc(F)cc1NCc1nnc2n1CCCCC2. The lowest BCUT2D eigenvalue weighted by Gasteiger charge is -2.09. The first kappa shape index (κ1) is 14.4. The van der Waals surface area contributed by atoms with Crippen molar-refractivity contribution >= 4 is 11.4 Å². The Balaban J connectivity index is 1.80. The average Bonchev–Trinajstić information content (AvgIpc) is 2.72. The van der Waals surface area contributed by atoms with Gasteiger partial charge in [0.15, 0.2) is 5.82 Å². The smallest absolute Gasteiger partial charge is 0.292 e. The third-order valence-electron chi connectivity index (χ3n) is 3.78. The number of hydrogen-bond acceptors (Lipinski definition) is 5. The zero-order chi connectivity index (χ0) is 15.5. The molecule has 1 aromatic heterocycles. The maximum atomic E-state index is 13.3. The largest absolute Gasteiger partial charge is 0.372 e. The number of nitrogens with zero attached hydrogens (tertiary/aromatic N) is 4. The fourth-order valence-electron chi connectivity index (χ4n) is 2.66. The number of nitrogens with one attached hydrogen (secondary N) is 1. The molecule has 116 valence electrons. The van der Waals surface area contributed by atoms with E-state index in [9.17, 15) is 14.5 Å². The number of nitro groups is 1. The van der Waals surface area contributed by atoms with Crippen LogP contribution < -0.4 is 5.32 Å². The molecular weight excluding hydrogens is 289 g/mol. The first-order chi connectivity index (χ1) is 10.6. The molecule has 0 saturated carbocycles. The zero-order valence-electron chi connectivity index (χ0n) is 12.0. The molecule has 0 fully saturated rings. The summed E-state index contributed by atoms with van der Waals surface area (Å²) in [7, 11) is 0. The zero-order valence-corrected chi connectivity index (χ0v) is 12.0. The van der Waals surface area contributed by atoms with Crippen molar-refractivity contribution in [1.29, 1.82) is 0 Å². The molecule has 8 heteroatoms. The van der Waals surface area contributed by atoms with Gasteiger partial charge in [-0.3, -0.25) is 10.1 Å².